The standard InChI is InChI=1S/C29H30ClFN8O3/c1-3-23(40)38-8-10-39(11-9-38)27-17-6-7-32-28(42-26-18-13-33-36-21(18)12-20(31)24(26)30)25(17)34-29(35-27)41-22-15-37(2)14-19(22)16-4-5-16/h3,6-7,12-13,16,19,22H,1,4-5,8-11,14-15H2,2H3,(H,33,36)/t19-,22?/m0/s1. The zero-order valence-electron chi connectivity index (χ0n) is 23.1. The number of piperazine rings is 1. The number of fused-ring (bicyclic) bond motifs is 2. The molecule has 2 aliphatic heterocycles. The highest BCUT2D eigenvalue weighted by molar-refractivity contribution is 6.33. The molecule has 1 aliphatic carbocycles. The number of H-pyrrole nitrogens is 1. The predicted molar refractivity (Wildman–Crippen MR) is 156 cm³/mol. The lowest BCUT2D eigenvalue weighted by Gasteiger charge is -2.35. The summed E-state index contributed by atoms with van der Waals surface area (Å²) in [5, 5.41) is 7.78. The molecule has 3 fully saturated rings. The summed E-state index contributed by atoms with van der Waals surface area (Å²) in [7, 11) is 2.10. The third-order valence-electron chi connectivity index (χ3n) is 8.37. The number of hydrogen-bond donors (Lipinski definition) is 1. The molecule has 11 nitrogen and oxygen atoms in total. The molecule has 7 rings (SSSR count). The van der Waals surface area contributed by atoms with Gasteiger partial charge in [0.1, 0.15) is 28.3 Å². The Morgan fingerprint density at radius 3 is 2.76 bits per heavy atom. The summed E-state index contributed by atoms with van der Waals surface area (Å²) in [5.41, 5.74) is 0.850. The monoisotopic (exact) mass is 592 g/mol. The quantitative estimate of drug-likeness (QED) is 0.318. The first-order chi connectivity index (χ1) is 20.4. The second-order valence-corrected chi connectivity index (χ2v) is 11.6. The average molecular weight is 593 g/mol. The van der Waals surface area contributed by atoms with Gasteiger partial charge in [0.15, 0.2) is 5.75 Å². The Labute approximate surface area is 246 Å². The molecule has 5 heterocycles. The van der Waals surface area contributed by atoms with E-state index in [0.717, 1.165) is 13.1 Å². The SMILES string of the molecule is C=CC(=O)N1CCN(c2nc(OC3CN(C)C[C@H]3C3CC3)nc3c(Oc4c(Cl)c(F)cc5[nH]ncc45)nccc23)CC1. The highest BCUT2D eigenvalue weighted by Crippen LogP contribution is 2.43. The summed E-state index contributed by atoms with van der Waals surface area (Å²) < 4.78 is 27.4. The minimum absolute atomic E-state index is 0.0425. The van der Waals surface area contributed by atoms with Gasteiger partial charge in [-0.2, -0.15) is 15.1 Å². The number of nitrogens with zero attached hydrogens (tertiary/aromatic N) is 7. The second-order valence-electron chi connectivity index (χ2n) is 11.2. The van der Waals surface area contributed by atoms with E-state index in [1.807, 2.05) is 6.07 Å². The van der Waals surface area contributed by atoms with E-state index in [9.17, 15) is 9.18 Å². The van der Waals surface area contributed by atoms with Crippen LogP contribution in [0.15, 0.2) is 37.2 Å². The second kappa shape index (κ2) is 10.7. The molecule has 218 valence electrons. The molecule has 0 spiro atoms. The van der Waals surface area contributed by atoms with E-state index < -0.39 is 5.82 Å². The van der Waals surface area contributed by atoms with Gasteiger partial charge in [-0.15, -0.1) is 0 Å². The molecule has 1 unspecified atom stereocenters. The number of carbonyl (C=O) groups is 1. The predicted octanol–water partition coefficient (Wildman–Crippen LogP) is 4.04. The molecule has 1 aromatic carbocycles. The van der Waals surface area contributed by atoms with Gasteiger partial charge in [0.25, 0.3) is 0 Å². The summed E-state index contributed by atoms with van der Waals surface area (Å²) in [5.74, 6) is 1.21. The molecular weight excluding hydrogens is 563 g/mol. The van der Waals surface area contributed by atoms with Crippen LogP contribution in [0, 0.1) is 17.7 Å². The van der Waals surface area contributed by atoms with Crippen LogP contribution in [0.2, 0.25) is 5.02 Å². The topological polar surface area (TPSA) is 113 Å². The van der Waals surface area contributed by atoms with Crippen LogP contribution < -0.4 is 14.4 Å². The Kier molecular flexibility index (Phi) is 6.82. The van der Waals surface area contributed by atoms with Crippen LogP contribution in [0.25, 0.3) is 21.8 Å². The van der Waals surface area contributed by atoms with E-state index in [1.165, 1.54) is 31.2 Å². The first-order valence-electron chi connectivity index (χ1n) is 14.1. The fourth-order valence-electron chi connectivity index (χ4n) is 6.06. The molecular formula is C29H30ClFN8O3. The number of likely N-dealkylation sites (tertiary alicyclic amines) is 1. The van der Waals surface area contributed by atoms with E-state index >= 15 is 0 Å². The zero-order chi connectivity index (χ0) is 29.0. The highest BCUT2D eigenvalue weighted by atomic mass is 35.5. The molecule has 3 aromatic heterocycles. The van der Waals surface area contributed by atoms with Crippen molar-refractivity contribution in [2.45, 2.75) is 18.9 Å². The van der Waals surface area contributed by atoms with Gasteiger partial charge in [-0.05, 0) is 37.9 Å². The lowest BCUT2D eigenvalue weighted by atomic mass is 10.0. The van der Waals surface area contributed by atoms with Crippen molar-refractivity contribution in [2.75, 3.05) is 51.2 Å². The van der Waals surface area contributed by atoms with Crippen LogP contribution in [0.3, 0.4) is 0 Å². The number of aromatic nitrogens is 5. The van der Waals surface area contributed by atoms with Crippen LogP contribution in [0.1, 0.15) is 12.8 Å². The largest absolute Gasteiger partial charge is 0.458 e. The Hall–Kier alpha value is -4.03. The van der Waals surface area contributed by atoms with Gasteiger partial charge in [0.05, 0.1) is 22.5 Å². The average Bonchev–Trinajstić information content (AvgIpc) is 3.63. The minimum Gasteiger partial charge on any atom is -0.458 e. The van der Waals surface area contributed by atoms with Crippen LogP contribution >= 0.6 is 11.6 Å². The molecule has 1 amide bonds. The van der Waals surface area contributed by atoms with Gasteiger partial charge in [-0.3, -0.25) is 9.89 Å². The first-order valence-corrected chi connectivity index (χ1v) is 14.4. The van der Waals surface area contributed by atoms with Gasteiger partial charge < -0.3 is 24.2 Å². The lowest BCUT2D eigenvalue weighted by molar-refractivity contribution is -0.126. The van der Waals surface area contributed by atoms with Gasteiger partial charge in [-0.1, -0.05) is 18.2 Å². The van der Waals surface area contributed by atoms with E-state index in [1.54, 1.807) is 11.1 Å². The van der Waals surface area contributed by atoms with Gasteiger partial charge in [0.2, 0.25) is 11.8 Å². The third kappa shape index (κ3) is 4.88. The molecule has 0 radical (unpaired) electrons. The Morgan fingerprint density at radius 1 is 1.19 bits per heavy atom. The molecule has 2 saturated heterocycles. The molecule has 2 atom stereocenters. The number of rotatable bonds is 7. The maximum Gasteiger partial charge on any atom is 0.319 e. The number of carbonyl (C=O) groups excluding carboxylic acids is 1. The van der Waals surface area contributed by atoms with Crippen LogP contribution in [0.5, 0.6) is 17.6 Å². The van der Waals surface area contributed by atoms with E-state index in [-0.39, 0.29) is 34.7 Å². The number of ether oxygens (including phenoxy) is 2. The number of likely N-dealkylation sites (N-methyl/N-ethyl adjacent to an activating group) is 1. The van der Waals surface area contributed by atoms with Crippen molar-refractivity contribution in [1.29, 1.82) is 0 Å². The number of benzene rings is 1. The smallest absolute Gasteiger partial charge is 0.319 e. The van der Waals surface area contributed by atoms with E-state index in [4.69, 9.17) is 31.0 Å². The van der Waals surface area contributed by atoms with Gasteiger partial charge in [-0.25, -0.2) is 9.37 Å². The Balaban J connectivity index is 1.30. The van der Waals surface area contributed by atoms with Crippen molar-refractivity contribution in [2.24, 2.45) is 11.8 Å². The fraction of sp³-hybridized carbons (Fsp3) is 0.414. The van der Waals surface area contributed by atoms with Crippen LogP contribution in [-0.4, -0.2) is 93.3 Å². The molecule has 4 aromatic rings. The fourth-order valence-corrected chi connectivity index (χ4v) is 6.26. The summed E-state index contributed by atoms with van der Waals surface area (Å²) in [6.07, 6.45) is 6.84. The zero-order valence-corrected chi connectivity index (χ0v) is 23.8. The molecule has 0 bridgehead atoms. The molecule has 3 aliphatic rings. The van der Waals surface area contributed by atoms with Crippen molar-refractivity contribution in [3.05, 3.63) is 48.0 Å². The van der Waals surface area contributed by atoms with Crippen molar-refractivity contribution in [3.8, 4) is 17.6 Å². The van der Waals surface area contributed by atoms with Gasteiger partial charge >= 0.3 is 6.01 Å². The summed E-state index contributed by atoms with van der Waals surface area (Å²) >= 11 is 6.37. The van der Waals surface area contributed by atoms with E-state index in [2.05, 4.69) is 38.6 Å². The maximum atomic E-state index is 14.7. The first kappa shape index (κ1) is 26.8. The van der Waals surface area contributed by atoms with Crippen molar-refractivity contribution >= 4 is 45.1 Å². The maximum absolute atomic E-state index is 14.7. The number of anilines is 1. The third-order valence-corrected chi connectivity index (χ3v) is 8.73. The number of aromatic amines is 1. The highest BCUT2D eigenvalue weighted by Gasteiger charge is 2.43. The van der Waals surface area contributed by atoms with Crippen molar-refractivity contribution in [1.82, 2.24) is 34.9 Å². The molecule has 13 heteroatoms. The molecule has 1 saturated carbocycles. The summed E-state index contributed by atoms with van der Waals surface area (Å²) in [6, 6.07) is 3.32. The number of pyridine rings is 1. The minimum atomic E-state index is -0.647. The van der Waals surface area contributed by atoms with Crippen LogP contribution in [0.4, 0.5) is 10.2 Å². The molecule has 42 heavy (non-hydrogen) atoms. The van der Waals surface area contributed by atoms with Crippen LogP contribution in [-0.2, 0) is 4.79 Å². The lowest BCUT2D eigenvalue weighted by Crippen LogP contribution is -2.48. The number of halogens is 2. The Bertz CT molecular complexity index is 1690. The summed E-state index contributed by atoms with van der Waals surface area (Å²) in [4.78, 5) is 32.5. The molecule has 1 N–H and O–H groups in total. The normalized spacial score (nSPS) is 21.3. The van der Waals surface area contributed by atoms with Gasteiger partial charge in [0, 0.05) is 57.4 Å². The van der Waals surface area contributed by atoms with Crippen molar-refractivity contribution in [3.63, 3.8) is 0 Å². The number of amides is 1. The Morgan fingerprint density at radius 2 is 2.00 bits per heavy atom. The van der Waals surface area contributed by atoms with E-state index in [0.29, 0.717) is 65.6 Å². The number of nitrogens with one attached hydrogen (secondary N) is 1. The van der Waals surface area contributed by atoms with Crippen molar-refractivity contribution < 1.29 is 18.7 Å². The summed E-state index contributed by atoms with van der Waals surface area (Å²) in [6.45, 7) is 7.54. The number of hydrogen-bond acceptors (Lipinski definition) is 9.